The van der Waals surface area contributed by atoms with Crippen LogP contribution in [0.5, 0.6) is 5.75 Å². The quantitative estimate of drug-likeness (QED) is 0.751. The van der Waals surface area contributed by atoms with Crippen LogP contribution in [0, 0.1) is 5.82 Å². The molecule has 5 nitrogen and oxygen atoms in total. The van der Waals surface area contributed by atoms with Crippen molar-refractivity contribution in [1.82, 2.24) is 10.5 Å². The second-order valence-corrected chi connectivity index (χ2v) is 4.23. The zero-order chi connectivity index (χ0) is 14.2. The molecule has 0 aliphatic heterocycles. The van der Waals surface area contributed by atoms with E-state index in [-0.39, 0.29) is 12.4 Å². The predicted octanol–water partition coefficient (Wildman–Crippen LogP) is 2.13. The molecule has 2 rings (SSSR count). The van der Waals surface area contributed by atoms with Crippen molar-refractivity contribution in [2.24, 2.45) is 0 Å². The van der Waals surface area contributed by atoms with Gasteiger partial charge < -0.3 is 19.3 Å². The van der Waals surface area contributed by atoms with Crippen molar-refractivity contribution in [1.29, 1.82) is 0 Å². The van der Waals surface area contributed by atoms with Crippen LogP contribution in [0.1, 0.15) is 11.3 Å². The highest BCUT2D eigenvalue weighted by molar-refractivity contribution is 5.29. The maximum atomic E-state index is 13.5. The number of ether oxygens (including phenoxy) is 2. The van der Waals surface area contributed by atoms with Gasteiger partial charge in [-0.15, -0.1) is 0 Å². The third-order valence-electron chi connectivity index (χ3n) is 2.62. The molecule has 1 N–H and O–H groups in total. The van der Waals surface area contributed by atoms with Crippen LogP contribution < -0.4 is 10.1 Å². The second kappa shape index (κ2) is 7.62. The number of hydrogen-bond donors (Lipinski definition) is 1. The Balaban J connectivity index is 1.90. The Morgan fingerprint density at radius 3 is 3.00 bits per heavy atom. The molecule has 0 atom stereocenters. The minimum Gasteiger partial charge on any atom is -0.485 e. The molecule has 2 aromatic rings. The van der Waals surface area contributed by atoms with Crippen LogP contribution in [0.3, 0.4) is 0 Å². The van der Waals surface area contributed by atoms with E-state index in [0.717, 1.165) is 5.56 Å². The first-order valence-electron chi connectivity index (χ1n) is 6.29. The Morgan fingerprint density at radius 1 is 1.35 bits per heavy atom. The van der Waals surface area contributed by atoms with Crippen LogP contribution in [-0.4, -0.2) is 25.4 Å². The first-order valence-corrected chi connectivity index (χ1v) is 6.29. The SMILES string of the molecule is COCCNCc1cc(F)cc(OCc2ccno2)c1. The molecule has 0 amide bonds. The molecule has 108 valence electrons. The van der Waals surface area contributed by atoms with Gasteiger partial charge in [0.2, 0.25) is 0 Å². The van der Waals surface area contributed by atoms with Gasteiger partial charge in [0.25, 0.3) is 0 Å². The minimum atomic E-state index is -0.330. The number of nitrogens with one attached hydrogen (secondary N) is 1. The lowest BCUT2D eigenvalue weighted by atomic mass is 10.2. The average molecular weight is 280 g/mol. The lowest BCUT2D eigenvalue weighted by Crippen LogP contribution is -2.18. The molecule has 1 aromatic heterocycles. The Kier molecular flexibility index (Phi) is 5.52. The molecule has 1 heterocycles. The number of methoxy groups -OCH3 is 1. The van der Waals surface area contributed by atoms with E-state index in [0.29, 0.717) is 31.2 Å². The van der Waals surface area contributed by atoms with E-state index in [1.165, 1.54) is 18.3 Å². The maximum Gasteiger partial charge on any atom is 0.174 e. The molecule has 0 saturated heterocycles. The van der Waals surface area contributed by atoms with E-state index < -0.39 is 0 Å². The molecule has 0 radical (unpaired) electrons. The lowest BCUT2D eigenvalue weighted by Gasteiger charge is -2.08. The molecule has 0 fully saturated rings. The minimum absolute atomic E-state index is 0.222. The van der Waals surface area contributed by atoms with Gasteiger partial charge in [-0.05, 0) is 17.7 Å². The molecule has 0 saturated carbocycles. The van der Waals surface area contributed by atoms with Crippen molar-refractivity contribution < 1.29 is 18.4 Å². The van der Waals surface area contributed by atoms with E-state index in [1.54, 1.807) is 19.2 Å². The summed E-state index contributed by atoms with van der Waals surface area (Å²) < 4.78 is 28.8. The van der Waals surface area contributed by atoms with E-state index in [9.17, 15) is 4.39 Å². The third-order valence-corrected chi connectivity index (χ3v) is 2.62. The van der Waals surface area contributed by atoms with Gasteiger partial charge in [-0.3, -0.25) is 0 Å². The highest BCUT2D eigenvalue weighted by Gasteiger charge is 2.04. The maximum absolute atomic E-state index is 13.5. The Morgan fingerprint density at radius 2 is 2.25 bits per heavy atom. The molecule has 0 aliphatic rings. The first kappa shape index (κ1) is 14.5. The van der Waals surface area contributed by atoms with Gasteiger partial charge in [-0.2, -0.15) is 0 Å². The van der Waals surface area contributed by atoms with Crippen molar-refractivity contribution in [3.63, 3.8) is 0 Å². The topological polar surface area (TPSA) is 56.5 Å². The van der Waals surface area contributed by atoms with Crippen molar-refractivity contribution in [3.05, 3.63) is 47.6 Å². The molecular formula is C14H17FN2O3. The molecule has 1 aromatic carbocycles. The van der Waals surface area contributed by atoms with Gasteiger partial charge in [-0.25, -0.2) is 4.39 Å². The third kappa shape index (κ3) is 4.64. The van der Waals surface area contributed by atoms with E-state index in [2.05, 4.69) is 10.5 Å². The smallest absolute Gasteiger partial charge is 0.174 e. The molecule has 0 spiro atoms. The fourth-order valence-electron chi connectivity index (χ4n) is 1.68. The van der Waals surface area contributed by atoms with Gasteiger partial charge in [0.05, 0.1) is 12.8 Å². The standard InChI is InChI=1S/C14H17FN2O3/c1-18-5-4-16-9-11-6-12(15)8-14(7-11)19-10-13-2-3-17-20-13/h2-3,6-8,16H,4-5,9-10H2,1H3. The number of halogens is 1. The van der Waals surface area contributed by atoms with Gasteiger partial charge in [-0.1, -0.05) is 5.16 Å². The summed E-state index contributed by atoms with van der Waals surface area (Å²) in [5.74, 6) is 0.725. The number of hydrogen-bond acceptors (Lipinski definition) is 5. The summed E-state index contributed by atoms with van der Waals surface area (Å²) in [4.78, 5) is 0. The van der Waals surface area contributed by atoms with E-state index >= 15 is 0 Å². The zero-order valence-electron chi connectivity index (χ0n) is 11.3. The fourth-order valence-corrected chi connectivity index (χ4v) is 1.68. The monoisotopic (exact) mass is 280 g/mol. The summed E-state index contributed by atoms with van der Waals surface area (Å²) in [6.45, 7) is 2.10. The molecule has 0 aliphatic carbocycles. The lowest BCUT2D eigenvalue weighted by molar-refractivity contribution is 0.199. The summed E-state index contributed by atoms with van der Waals surface area (Å²) in [5, 5.41) is 6.73. The first-order chi connectivity index (χ1) is 9.78. The predicted molar refractivity (Wildman–Crippen MR) is 70.8 cm³/mol. The summed E-state index contributed by atoms with van der Waals surface area (Å²) in [6.07, 6.45) is 1.54. The van der Waals surface area contributed by atoms with Crippen molar-refractivity contribution in [2.45, 2.75) is 13.2 Å². The normalized spacial score (nSPS) is 10.7. The van der Waals surface area contributed by atoms with Crippen LogP contribution in [0.25, 0.3) is 0 Å². The van der Waals surface area contributed by atoms with Crippen molar-refractivity contribution >= 4 is 0 Å². The molecule has 6 heteroatoms. The Bertz CT molecular complexity index is 517. The van der Waals surface area contributed by atoms with Crippen LogP contribution in [0.2, 0.25) is 0 Å². The number of rotatable bonds is 8. The Hall–Kier alpha value is -1.92. The largest absolute Gasteiger partial charge is 0.485 e. The molecule has 0 bridgehead atoms. The van der Waals surface area contributed by atoms with Crippen LogP contribution >= 0.6 is 0 Å². The molecule has 0 unspecified atom stereocenters. The number of benzene rings is 1. The highest BCUT2D eigenvalue weighted by atomic mass is 19.1. The number of aromatic nitrogens is 1. The average Bonchev–Trinajstić information content (AvgIpc) is 2.94. The molecule has 20 heavy (non-hydrogen) atoms. The summed E-state index contributed by atoms with van der Waals surface area (Å²) in [6, 6.07) is 6.31. The second-order valence-electron chi connectivity index (χ2n) is 4.23. The summed E-state index contributed by atoms with van der Waals surface area (Å²) >= 11 is 0. The van der Waals surface area contributed by atoms with Gasteiger partial charge in [0.15, 0.2) is 5.76 Å². The summed E-state index contributed by atoms with van der Waals surface area (Å²) in [5.41, 5.74) is 0.814. The molecular weight excluding hydrogens is 263 g/mol. The van der Waals surface area contributed by atoms with Gasteiger partial charge >= 0.3 is 0 Å². The van der Waals surface area contributed by atoms with E-state index in [4.69, 9.17) is 14.0 Å². The van der Waals surface area contributed by atoms with Crippen LogP contribution in [-0.2, 0) is 17.9 Å². The Labute approximate surface area is 116 Å². The number of nitrogens with zero attached hydrogens (tertiary/aromatic N) is 1. The van der Waals surface area contributed by atoms with Crippen LogP contribution in [0.4, 0.5) is 4.39 Å². The highest BCUT2D eigenvalue weighted by Crippen LogP contribution is 2.17. The van der Waals surface area contributed by atoms with Gasteiger partial charge in [0, 0.05) is 32.3 Å². The fraction of sp³-hybridized carbons (Fsp3) is 0.357. The summed E-state index contributed by atoms with van der Waals surface area (Å²) in [7, 11) is 1.64. The van der Waals surface area contributed by atoms with Gasteiger partial charge in [0.1, 0.15) is 18.2 Å². The van der Waals surface area contributed by atoms with Crippen molar-refractivity contribution in [2.75, 3.05) is 20.3 Å². The van der Waals surface area contributed by atoms with Crippen LogP contribution in [0.15, 0.2) is 35.0 Å². The van der Waals surface area contributed by atoms with E-state index in [1.807, 2.05) is 0 Å². The zero-order valence-corrected chi connectivity index (χ0v) is 11.3. The van der Waals surface area contributed by atoms with Crippen molar-refractivity contribution in [3.8, 4) is 5.75 Å².